The Kier molecular flexibility index (Phi) is 8.21. The molecule has 6 aromatic rings. The zero-order valence-electron chi connectivity index (χ0n) is 20.2. The maximum absolute atomic E-state index is 4.43. The van der Waals surface area contributed by atoms with Gasteiger partial charge in [-0.15, -0.1) is 57.9 Å². The van der Waals surface area contributed by atoms with Crippen molar-refractivity contribution >= 4 is 21.5 Å². The zero-order chi connectivity index (χ0) is 23.3. The molecule has 0 saturated heterocycles. The van der Waals surface area contributed by atoms with Crippen LogP contribution in [0.1, 0.15) is 25.0 Å². The summed E-state index contributed by atoms with van der Waals surface area (Å²) in [6, 6.07) is 33.9. The van der Waals surface area contributed by atoms with Crippen LogP contribution in [0.2, 0.25) is 0 Å². The normalized spacial score (nSPS) is 10.6. The second kappa shape index (κ2) is 11.5. The van der Waals surface area contributed by atoms with Crippen molar-refractivity contribution in [1.29, 1.82) is 0 Å². The van der Waals surface area contributed by atoms with Crippen molar-refractivity contribution in [2.24, 2.45) is 0 Å². The van der Waals surface area contributed by atoms with E-state index in [1.165, 1.54) is 43.8 Å². The molecular weight excluding hydrogens is 504 g/mol. The molecule has 0 aliphatic rings. The van der Waals surface area contributed by atoms with Gasteiger partial charge >= 0.3 is 26.2 Å². The first kappa shape index (κ1) is 25.0. The number of benzene rings is 2. The van der Waals surface area contributed by atoms with Gasteiger partial charge in [0.1, 0.15) is 0 Å². The summed E-state index contributed by atoms with van der Waals surface area (Å²) in [5.41, 5.74) is 7.38. The Morgan fingerprint density at radius 3 is 1.37 bits per heavy atom. The molecule has 0 N–H and O–H groups in total. The maximum Gasteiger partial charge on any atom is 2.00 e. The second-order valence-corrected chi connectivity index (χ2v) is 8.39. The van der Waals surface area contributed by atoms with Gasteiger partial charge in [0.25, 0.3) is 0 Å². The van der Waals surface area contributed by atoms with Crippen LogP contribution in [-0.4, -0.2) is 9.97 Å². The van der Waals surface area contributed by atoms with Crippen LogP contribution in [-0.2, 0) is 39.0 Å². The number of aryl methyl sites for hydroxylation is 2. The predicted molar refractivity (Wildman–Crippen MR) is 144 cm³/mol. The third kappa shape index (κ3) is 5.11. The van der Waals surface area contributed by atoms with Gasteiger partial charge in [-0.05, 0) is 12.8 Å². The molecule has 4 aromatic carbocycles. The van der Waals surface area contributed by atoms with Crippen LogP contribution in [0.15, 0.2) is 109 Å². The predicted octanol–water partition coefficient (Wildman–Crippen LogP) is 8.36. The van der Waals surface area contributed by atoms with Gasteiger partial charge in [0.05, 0.1) is 0 Å². The molecule has 0 spiro atoms. The second-order valence-electron chi connectivity index (χ2n) is 8.39. The Balaban J connectivity index is 0.000000160. The molecule has 0 atom stereocenters. The summed E-state index contributed by atoms with van der Waals surface area (Å²) in [6.45, 7) is 4.39. The summed E-state index contributed by atoms with van der Waals surface area (Å²) in [4.78, 5) is 8.85. The molecule has 0 aliphatic carbocycles. The Bertz CT molecular complexity index is 1390. The smallest absolute Gasteiger partial charge is 0.272 e. The molecule has 0 unspecified atom stereocenters. The van der Waals surface area contributed by atoms with Crippen LogP contribution in [0, 0.1) is 0 Å². The van der Waals surface area contributed by atoms with Gasteiger partial charge in [0, 0.05) is 23.8 Å². The van der Waals surface area contributed by atoms with E-state index in [2.05, 4.69) is 96.6 Å². The molecule has 35 heavy (non-hydrogen) atoms. The van der Waals surface area contributed by atoms with Gasteiger partial charge in [0.15, 0.2) is 0 Å². The fourth-order valence-corrected chi connectivity index (χ4v) is 4.71. The number of rotatable bonds is 4. The number of pyridine rings is 2. The average Bonchev–Trinajstić information content (AvgIpc) is 3.55. The van der Waals surface area contributed by atoms with E-state index in [4.69, 9.17) is 0 Å². The first-order valence-electron chi connectivity index (χ1n) is 12.0. The van der Waals surface area contributed by atoms with Gasteiger partial charge in [-0.2, -0.15) is 0 Å². The number of fused-ring (bicyclic) bond motifs is 2. The molecule has 170 valence electrons. The van der Waals surface area contributed by atoms with Crippen LogP contribution in [0.5, 0.6) is 0 Å². The van der Waals surface area contributed by atoms with Gasteiger partial charge in [-0.1, -0.05) is 96.8 Å². The fourth-order valence-electron chi connectivity index (χ4n) is 4.71. The molecule has 3 heteroatoms. The molecule has 0 aliphatic heterocycles. The van der Waals surface area contributed by atoms with Crippen molar-refractivity contribution < 1.29 is 26.2 Å². The molecule has 6 rings (SSSR count). The summed E-state index contributed by atoms with van der Waals surface area (Å²) < 4.78 is 0. The summed E-state index contributed by atoms with van der Waals surface area (Å²) in [5.74, 6) is 0. The molecule has 2 aromatic heterocycles. The van der Waals surface area contributed by atoms with Crippen molar-refractivity contribution in [3.8, 4) is 22.5 Å². The molecule has 0 radical (unpaired) electrons. The first-order chi connectivity index (χ1) is 16.8. The Morgan fingerprint density at radius 2 is 1.00 bits per heavy atom. The molecule has 0 amide bonds. The third-order valence-corrected chi connectivity index (χ3v) is 6.45. The minimum Gasteiger partial charge on any atom is -0.272 e. The monoisotopic (exact) mass is 530 g/mol. The van der Waals surface area contributed by atoms with E-state index in [1.807, 2.05) is 36.7 Å². The van der Waals surface area contributed by atoms with E-state index in [0.29, 0.717) is 0 Å². The molecular formula is C32H28N2Zr. The van der Waals surface area contributed by atoms with Gasteiger partial charge in [0.2, 0.25) is 0 Å². The average molecular weight is 532 g/mol. The maximum atomic E-state index is 4.43. The molecule has 0 fully saturated rings. The van der Waals surface area contributed by atoms with Crippen molar-refractivity contribution in [1.82, 2.24) is 9.97 Å². The minimum atomic E-state index is 0. The van der Waals surface area contributed by atoms with E-state index in [-0.39, 0.29) is 26.2 Å². The summed E-state index contributed by atoms with van der Waals surface area (Å²) in [6.07, 6.45) is 5.84. The minimum absolute atomic E-state index is 0. The van der Waals surface area contributed by atoms with E-state index >= 15 is 0 Å². The van der Waals surface area contributed by atoms with Gasteiger partial charge < -0.3 is 0 Å². The van der Waals surface area contributed by atoms with Crippen LogP contribution >= 0.6 is 0 Å². The fraction of sp³-hybridized carbons (Fsp3) is 0.125. The van der Waals surface area contributed by atoms with Crippen LogP contribution in [0.25, 0.3) is 44.1 Å². The molecule has 2 heterocycles. The third-order valence-electron chi connectivity index (χ3n) is 6.45. The Labute approximate surface area is 226 Å². The van der Waals surface area contributed by atoms with E-state index in [9.17, 15) is 0 Å². The molecule has 0 bridgehead atoms. The van der Waals surface area contributed by atoms with E-state index in [0.717, 1.165) is 24.2 Å². The van der Waals surface area contributed by atoms with Crippen LogP contribution in [0.4, 0.5) is 0 Å². The largest absolute Gasteiger partial charge is 2.00 e. The van der Waals surface area contributed by atoms with Crippen molar-refractivity contribution in [2.45, 2.75) is 26.7 Å². The quantitative estimate of drug-likeness (QED) is 0.214. The van der Waals surface area contributed by atoms with Gasteiger partial charge in [-0.25, -0.2) is 0 Å². The molecule has 0 saturated carbocycles. The topological polar surface area (TPSA) is 25.8 Å². The summed E-state index contributed by atoms with van der Waals surface area (Å²) in [5, 5.41) is 5.33. The Morgan fingerprint density at radius 1 is 0.543 bits per heavy atom. The summed E-state index contributed by atoms with van der Waals surface area (Å²) in [7, 11) is 0. The Hall–Kier alpha value is -3.16. The zero-order valence-corrected chi connectivity index (χ0v) is 22.7. The van der Waals surface area contributed by atoms with E-state index < -0.39 is 0 Å². The number of hydrogen-bond donors (Lipinski definition) is 0. The number of hydrogen-bond acceptors (Lipinski definition) is 2. The van der Waals surface area contributed by atoms with Gasteiger partial charge in [-0.3, -0.25) is 9.97 Å². The summed E-state index contributed by atoms with van der Waals surface area (Å²) >= 11 is 0. The first-order valence-corrected chi connectivity index (χ1v) is 12.0. The van der Waals surface area contributed by atoms with Crippen molar-refractivity contribution in [2.75, 3.05) is 0 Å². The molecule has 2 nitrogen and oxygen atoms in total. The standard InChI is InChI=1S/2C16H14N.Zr/c2*1-2-12-6-5-7-14-13(12)9-10-15(14)16-8-3-4-11-17-16;/h2*3-11H,2H2,1H3;/q2*-1;+2. The van der Waals surface area contributed by atoms with Crippen LogP contribution in [0.3, 0.4) is 0 Å². The van der Waals surface area contributed by atoms with Crippen LogP contribution < -0.4 is 0 Å². The number of nitrogens with zero attached hydrogens (tertiary/aromatic N) is 2. The van der Waals surface area contributed by atoms with Crippen molar-refractivity contribution in [3.05, 3.63) is 121 Å². The van der Waals surface area contributed by atoms with Crippen molar-refractivity contribution in [3.63, 3.8) is 0 Å². The van der Waals surface area contributed by atoms with E-state index in [1.54, 1.807) is 0 Å². The number of aromatic nitrogens is 2. The SMILES string of the molecule is CCc1cccc2c1cc[c-]2-c1ccccn1.CCc1cccc2c1cc[c-]2-c1ccccn1.[Zr+2].